The quantitative estimate of drug-likeness (QED) is 0.656. The molecule has 20 heavy (non-hydrogen) atoms. The molecule has 0 aliphatic rings. The average molecular weight is 376 g/mol. The lowest BCUT2D eigenvalue weighted by Crippen LogP contribution is -2.15. The van der Waals surface area contributed by atoms with E-state index < -0.39 is 7.14 Å². The lowest BCUT2D eigenvalue weighted by molar-refractivity contribution is 0.588. The van der Waals surface area contributed by atoms with Crippen molar-refractivity contribution in [3.63, 3.8) is 0 Å². The van der Waals surface area contributed by atoms with Crippen LogP contribution < -0.4 is 10.8 Å². The molecule has 0 atom stereocenters. The Kier molecular flexibility index (Phi) is 4.47. The largest absolute Gasteiger partial charge is 0.337 e. The first-order valence-corrected chi connectivity index (χ1v) is 9.53. The van der Waals surface area contributed by atoms with Gasteiger partial charge in [0.1, 0.15) is 18.4 Å². The van der Waals surface area contributed by atoms with E-state index in [4.69, 9.17) is 11.6 Å². The molecule has 0 radical (unpaired) electrons. The van der Waals surface area contributed by atoms with Gasteiger partial charge in [-0.3, -0.25) is 0 Å². The molecule has 5 nitrogen and oxygen atoms in total. The molecule has 8 heteroatoms. The number of hydrogen-bond donors (Lipinski definition) is 1. The van der Waals surface area contributed by atoms with Crippen molar-refractivity contribution in [3.05, 3.63) is 33.8 Å². The lowest BCUT2D eigenvalue weighted by Gasteiger charge is -2.15. The minimum atomic E-state index is -2.51. The first-order chi connectivity index (χ1) is 9.27. The van der Waals surface area contributed by atoms with Crippen LogP contribution in [0.5, 0.6) is 0 Å². The van der Waals surface area contributed by atoms with Gasteiger partial charge in [-0.1, -0.05) is 0 Å². The molecular weight excluding hydrogens is 362 g/mol. The van der Waals surface area contributed by atoms with Gasteiger partial charge in [0, 0.05) is 11.9 Å². The second-order valence-electron chi connectivity index (χ2n) is 4.64. The Balaban J connectivity index is 2.49. The van der Waals surface area contributed by atoms with Crippen LogP contribution in [0, 0.1) is 6.92 Å². The molecule has 0 aromatic carbocycles. The van der Waals surface area contributed by atoms with Gasteiger partial charge in [0.2, 0.25) is 5.28 Å². The number of anilines is 2. The molecule has 0 fully saturated rings. The van der Waals surface area contributed by atoms with Crippen LogP contribution in [0.3, 0.4) is 0 Å². The molecule has 0 aliphatic heterocycles. The fourth-order valence-corrected chi connectivity index (χ4v) is 3.14. The van der Waals surface area contributed by atoms with Crippen molar-refractivity contribution < 1.29 is 4.57 Å². The highest BCUT2D eigenvalue weighted by Crippen LogP contribution is 2.37. The molecule has 0 unspecified atom stereocenters. The number of nitrogens with one attached hydrogen (secondary N) is 1. The van der Waals surface area contributed by atoms with E-state index in [9.17, 15) is 4.57 Å². The van der Waals surface area contributed by atoms with Crippen molar-refractivity contribution in [3.8, 4) is 0 Å². The van der Waals surface area contributed by atoms with Gasteiger partial charge < -0.3 is 9.88 Å². The van der Waals surface area contributed by atoms with Crippen LogP contribution in [0.2, 0.25) is 5.28 Å². The summed E-state index contributed by atoms with van der Waals surface area (Å²) in [5.74, 6) is 0.505. The summed E-state index contributed by atoms with van der Waals surface area (Å²) >= 11 is 9.13. The maximum absolute atomic E-state index is 12.4. The molecule has 0 saturated heterocycles. The zero-order valence-corrected chi connectivity index (χ0v) is 14.4. The van der Waals surface area contributed by atoms with Crippen LogP contribution in [-0.2, 0) is 4.57 Å². The van der Waals surface area contributed by atoms with Crippen molar-refractivity contribution >= 4 is 51.6 Å². The molecule has 1 N–H and O–H groups in total. The predicted octanol–water partition coefficient (Wildman–Crippen LogP) is 3.59. The van der Waals surface area contributed by atoms with E-state index in [0.717, 1.165) is 5.69 Å². The molecule has 2 rings (SSSR count). The zero-order chi connectivity index (χ0) is 14.9. The molecular formula is C12H13BrClN4OP. The smallest absolute Gasteiger partial charge is 0.224 e. The van der Waals surface area contributed by atoms with Gasteiger partial charge in [0.05, 0.1) is 10.2 Å². The number of hydrogen-bond acceptors (Lipinski definition) is 5. The van der Waals surface area contributed by atoms with Gasteiger partial charge in [-0.15, -0.1) is 0 Å². The standard InChI is InChI=1S/C12H13BrClN4OP/c1-7-4-5-9(11(16-7)20(2,3)19)17-10-8(13)6-15-12(14)18-10/h4-6H,1-3H3,(H,15,17,18). The van der Waals surface area contributed by atoms with Crippen LogP contribution in [0.25, 0.3) is 0 Å². The molecule has 0 bridgehead atoms. The number of pyridine rings is 1. The molecule has 2 aromatic heterocycles. The van der Waals surface area contributed by atoms with Crippen LogP contribution >= 0.6 is 34.7 Å². The Morgan fingerprint density at radius 3 is 2.65 bits per heavy atom. The Labute approximate surface area is 130 Å². The number of nitrogens with zero attached hydrogens (tertiary/aromatic N) is 3. The third-order valence-electron chi connectivity index (χ3n) is 2.49. The van der Waals surface area contributed by atoms with Crippen molar-refractivity contribution in [2.75, 3.05) is 18.6 Å². The minimum absolute atomic E-state index is 0.133. The third kappa shape index (κ3) is 3.57. The van der Waals surface area contributed by atoms with Crippen LogP contribution in [0.1, 0.15) is 5.69 Å². The second-order valence-corrected chi connectivity index (χ2v) is 8.95. The number of aryl methyl sites for hydroxylation is 1. The highest BCUT2D eigenvalue weighted by Gasteiger charge is 2.19. The fourth-order valence-electron chi connectivity index (χ4n) is 1.61. The van der Waals surface area contributed by atoms with Crippen molar-refractivity contribution in [2.24, 2.45) is 0 Å². The summed E-state index contributed by atoms with van der Waals surface area (Å²) in [4.78, 5) is 12.3. The first kappa shape index (κ1) is 15.4. The van der Waals surface area contributed by atoms with E-state index >= 15 is 0 Å². The van der Waals surface area contributed by atoms with Crippen LogP contribution in [-0.4, -0.2) is 28.3 Å². The fraction of sp³-hybridized carbons (Fsp3) is 0.250. The number of rotatable bonds is 3. The molecule has 0 saturated carbocycles. The Morgan fingerprint density at radius 1 is 1.30 bits per heavy atom. The predicted molar refractivity (Wildman–Crippen MR) is 86.1 cm³/mol. The molecule has 2 aromatic rings. The lowest BCUT2D eigenvalue weighted by atomic mass is 10.3. The minimum Gasteiger partial charge on any atom is -0.337 e. The molecule has 0 amide bonds. The second kappa shape index (κ2) is 5.80. The normalized spacial score (nSPS) is 11.4. The van der Waals surface area contributed by atoms with Gasteiger partial charge in [0.15, 0.2) is 0 Å². The van der Waals surface area contributed by atoms with Gasteiger partial charge >= 0.3 is 0 Å². The van der Waals surface area contributed by atoms with E-state index in [0.29, 0.717) is 21.4 Å². The maximum atomic E-state index is 12.4. The van der Waals surface area contributed by atoms with E-state index in [1.54, 1.807) is 19.5 Å². The third-order valence-corrected chi connectivity index (χ3v) is 4.62. The number of halogens is 2. The summed E-state index contributed by atoms with van der Waals surface area (Å²) in [6.45, 7) is 5.23. The van der Waals surface area contributed by atoms with Crippen molar-refractivity contribution in [1.29, 1.82) is 0 Å². The molecule has 0 aliphatic carbocycles. The summed E-state index contributed by atoms with van der Waals surface area (Å²) in [5, 5.41) is 3.23. The summed E-state index contributed by atoms with van der Waals surface area (Å²) < 4.78 is 13.0. The summed E-state index contributed by atoms with van der Waals surface area (Å²) in [6, 6.07) is 3.68. The molecule has 0 spiro atoms. The maximum Gasteiger partial charge on any atom is 0.224 e. The summed E-state index contributed by atoms with van der Waals surface area (Å²) in [5.41, 5.74) is 2.01. The Morgan fingerprint density at radius 2 is 2.00 bits per heavy atom. The average Bonchev–Trinajstić information content (AvgIpc) is 2.34. The van der Waals surface area contributed by atoms with Crippen LogP contribution in [0.15, 0.2) is 22.8 Å². The van der Waals surface area contributed by atoms with Crippen molar-refractivity contribution in [2.45, 2.75) is 6.92 Å². The van der Waals surface area contributed by atoms with E-state index in [1.165, 1.54) is 0 Å². The summed E-state index contributed by atoms with van der Waals surface area (Å²) in [6.07, 6.45) is 1.55. The van der Waals surface area contributed by atoms with E-state index in [2.05, 4.69) is 36.2 Å². The highest BCUT2D eigenvalue weighted by atomic mass is 79.9. The molecule has 106 valence electrons. The van der Waals surface area contributed by atoms with E-state index in [-0.39, 0.29) is 5.28 Å². The van der Waals surface area contributed by atoms with Crippen molar-refractivity contribution in [1.82, 2.24) is 15.0 Å². The molecule has 2 heterocycles. The number of aromatic nitrogens is 3. The summed E-state index contributed by atoms with van der Waals surface area (Å²) in [7, 11) is -2.51. The Bertz CT molecular complexity index is 704. The topological polar surface area (TPSA) is 67.8 Å². The SMILES string of the molecule is Cc1ccc(Nc2nc(Cl)ncc2Br)c(P(C)(C)=O)n1. The van der Waals surface area contributed by atoms with Gasteiger partial charge in [-0.2, -0.15) is 4.98 Å². The van der Waals surface area contributed by atoms with E-state index in [1.807, 2.05) is 19.1 Å². The van der Waals surface area contributed by atoms with Gasteiger partial charge in [-0.05, 0) is 59.9 Å². The zero-order valence-electron chi connectivity index (χ0n) is 11.2. The monoisotopic (exact) mass is 374 g/mol. The van der Waals surface area contributed by atoms with Crippen LogP contribution in [0.4, 0.5) is 11.5 Å². The Hall–Kier alpha value is -0.970. The van der Waals surface area contributed by atoms with Gasteiger partial charge in [0.25, 0.3) is 0 Å². The van der Waals surface area contributed by atoms with Gasteiger partial charge in [-0.25, -0.2) is 9.97 Å². The highest BCUT2D eigenvalue weighted by molar-refractivity contribution is 9.10. The first-order valence-electron chi connectivity index (χ1n) is 5.75.